The first-order valence-corrected chi connectivity index (χ1v) is 5.48. The summed E-state index contributed by atoms with van der Waals surface area (Å²) in [7, 11) is 0. The van der Waals surface area contributed by atoms with Crippen molar-refractivity contribution in [3.8, 4) is 0 Å². The van der Waals surface area contributed by atoms with Crippen molar-refractivity contribution < 1.29 is 18.3 Å². The van der Waals surface area contributed by atoms with Gasteiger partial charge in [-0.15, -0.1) is 0 Å². The highest BCUT2D eigenvalue weighted by Crippen LogP contribution is 2.17. The van der Waals surface area contributed by atoms with Gasteiger partial charge < -0.3 is 9.72 Å². The number of ketones is 1. The second-order valence-corrected chi connectivity index (χ2v) is 3.76. The number of hydrogen-bond donors (Lipinski definition) is 1. The van der Waals surface area contributed by atoms with Crippen molar-refractivity contribution >= 4 is 16.7 Å². The normalized spacial score (nSPS) is 11.3. The second-order valence-electron chi connectivity index (χ2n) is 3.76. The number of fused-ring (bicyclic) bond motifs is 1. The van der Waals surface area contributed by atoms with Gasteiger partial charge >= 0.3 is 0 Å². The highest BCUT2D eigenvalue weighted by Gasteiger charge is 2.12. The van der Waals surface area contributed by atoms with Crippen LogP contribution in [0, 0.1) is 0 Å². The molecule has 0 fully saturated rings. The summed E-state index contributed by atoms with van der Waals surface area (Å²) in [5.41, 5.74) is 1.33. The van der Waals surface area contributed by atoms with E-state index < -0.39 is 13.0 Å². The van der Waals surface area contributed by atoms with Crippen molar-refractivity contribution in [2.24, 2.45) is 0 Å². The number of nitrogens with zero attached hydrogens (tertiary/aromatic N) is 1. The van der Waals surface area contributed by atoms with Crippen molar-refractivity contribution in [1.82, 2.24) is 9.97 Å². The lowest BCUT2D eigenvalue weighted by molar-refractivity contribution is 0.0170. The van der Waals surface area contributed by atoms with Crippen LogP contribution in [0.3, 0.4) is 0 Å². The number of alkyl halides is 2. The van der Waals surface area contributed by atoms with Crippen LogP contribution in [0.4, 0.5) is 8.78 Å². The molecule has 0 saturated carbocycles. The number of hydrogen-bond acceptors (Lipinski definition) is 3. The van der Waals surface area contributed by atoms with E-state index in [1.165, 1.54) is 0 Å². The third-order valence-corrected chi connectivity index (χ3v) is 2.50. The van der Waals surface area contributed by atoms with Crippen LogP contribution < -0.4 is 0 Å². The van der Waals surface area contributed by atoms with E-state index in [0.29, 0.717) is 5.56 Å². The fraction of sp³-hybridized carbons (Fsp3) is 0.333. The number of carbonyl (C=O) groups is 1. The van der Waals surface area contributed by atoms with Gasteiger partial charge in [-0.25, -0.2) is 8.78 Å². The average molecular weight is 254 g/mol. The molecule has 96 valence electrons. The Morgan fingerprint density at radius 2 is 2.33 bits per heavy atom. The molecule has 1 N–H and O–H groups in total. The molecule has 0 spiro atoms. The third kappa shape index (κ3) is 2.89. The van der Waals surface area contributed by atoms with Crippen LogP contribution in [-0.2, 0) is 4.74 Å². The van der Waals surface area contributed by atoms with Crippen molar-refractivity contribution in [3.05, 3.63) is 30.2 Å². The molecule has 0 aromatic carbocycles. The van der Waals surface area contributed by atoms with E-state index in [1.54, 1.807) is 24.7 Å². The lowest BCUT2D eigenvalue weighted by Gasteiger charge is -2.02. The molecule has 0 aliphatic rings. The average Bonchev–Trinajstić information content (AvgIpc) is 2.78. The monoisotopic (exact) mass is 254 g/mol. The quantitative estimate of drug-likeness (QED) is 0.636. The third-order valence-electron chi connectivity index (χ3n) is 2.50. The van der Waals surface area contributed by atoms with Crippen LogP contribution >= 0.6 is 0 Å². The molecule has 2 aromatic heterocycles. The van der Waals surface area contributed by atoms with E-state index in [0.717, 1.165) is 10.9 Å². The Bertz CT molecular complexity index is 540. The Balaban J connectivity index is 1.97. The van der Waals surface area contributed by atoms with E-state index in [2.05, 4.69) is 14.7 Å². The zero-order valence-electron chi connectivity index (χ0n) is 9.53. The first kappa shape index (κ1) is 12.6. The number of ether oxygens (including phenoxy) is 1. The van der Waals surface area contributed by atoms with E-state index in [-0.39, 0.29) is 18.8 Å². The van der Waals surface area contributed by atoms with Gasteiger partial charge in [0.05, 0.1) is 6.61 Å². The van der Waals surface area contributed by atoms with Gasteiger partial charge in [-0.05, 0) is 6.07 Å². The molecule has 18 heavy (non-hydrogen) atoms. The number of carbonyl (C=O) groups excluding carboxylic acids is 1. The van der Waals surface area contributed by atoms with Gasteiger partial charge in [0.2, 0.25) is 0 Å². The summed E-state index contributed by atoms with van der Waals surface area (Å²) >= 11 is 0. The molecule has 6 heteroatoms. The van der Waals surface area contributed by atoms with Gasteiger partial charge in [-0.1, -0.05) is 0 Å². The number of pyridine rings is 1. The van der Waals surface area contributed by atoms with E-state index >= 15 is 0 Å². The fourth-order valence-electron chi connectivity index (χ4n) is 1.67. The fourth-order valence-corrected chi connectivity index (χ4v) is 1.67. The minimum absolute atomic E-state index is 0.00386. The molecular formula is C12H12F2N2O2. The molecule has 4 nitrogen and oxygen atoms in total. The minimum atomic E-state index is -2.50. The number of H-pyrrole nitrogens is 1. The molecule has 2 heterocycles. The maximum absolute atomic E-state index is 11.8. The Morgan fingerprint density at radius 1 is 1.50 bits per heavy atom. The Kier molecular flexibility index (Phi) is 3.99. The Morgan fingerprint density at radius 3 is 3.11 bits per heavy atom. The molecule has 2 rings (SSSR count). The molecule has 0 aliphatic carbocycles. The number of aromatic nitrogens is 2. The van der Waals surface area contributed by atoms with Crippen molar-refractivity contribution in [1.29, 1.82) is 0 Å². The standard InChI is InChI=1S/C12H12F2N2O2/c13-12(14)7-18-4-2-11(17)9-6-16-10-1-3-15-5-8(9)10/h1,3,5-6,12,16H,2,4,7H2. The molecule has 2 aromatic rings. The number of rotatable bonds is 6. The molecular weight excluding hydrogens is 242 g/mol. The summed E-state index contributed by atoms with van der Waals surface area (Å²) in [5.74, 6) is -0.150. The molecule has 0 saturated heterocycles. The van der Waals surface area contributed by atoms with Crippen LogP contribution in [-0.4, -0.2) is 35.4 Å². The first-order chi connectivity index (χ1) is 8.68. The lowest BCUT2D eigenvalue weighted by atomic mass is 10.1. The van der Waals surface area contributed by atoms with Crippen molar-refractivity contribution in [2.75, 3.05) is 13.2 Å². The molecule has 0 atom stereocenters. The molecule has 0 aliphatic heterocycles. The summed E-state index contributed by atoms with van der Waals surface area (Å²) in [4.78, 5) is 18.8. The van der Waals surface area contributed by atoms with E-state index in [9.17, 15) is 13.6 Å². The maximum Gasteiger partial charge on any atom is 0.261 e. The number of Topliss-reactive ketones (excluding diaryl/α,β-unsaturated/α-hetero) is 1. The minimum Gasteiger partial charge on any atom is -0.375 e. The van der Waals surface area contributed by atoms with Gasteiger partial charge in [-0.3, -0.25) is 9.78 Å². The number of nitrogens with one attached hydrogen (secondary N) is 1. The van der Waals surface area contributed by atoms with Gasteiger partial charge in [0.1, 0.15) is 6.61 Å². The van der Waals surface area contributed by atoms with E-state index in [1.807, 2.05) is 0 Å². The molecule has 0 radical (unpaired) electrons. The molecule has 0 bridgehead atoms. The number of halogens is 2. The van der Waals surface area contributed by atoms with Gasteiger partial charge in [0.25, 0.3) is 6.43 Å². The largest absolute Gasteiger partial charge is 0.375 e. The Labute approximate surface area is 102 Å². The van der Waals surface area contributed by atoms with Gasteiger partial charge in [0, 0.05) is 41.5 Å². The maximum atomic E-state index is 11.8. The zero-order valence-corrected chi connectivity index (χ0v) is 9.53. The predicted octanol–water partition coefficient (Wildman–Crippen LogP) is 2.42. The van der Waals surface area contributed by atoms with E-state index in [4.69, 9.17) is 0 Å². The summed E-state index contributed by atoms with van der Waals surface area (Å²) < 4.78 is 28.3. The van der Waals surface area contributed by atoms with Crippen LogP contribution in [0.5, 0.6) is 0 Å². The van der Waals surface area contributed by atoms with Crippen LogP contribution in [0.15, 0.2) is 24.7 Å². The zero-order chi connectivity index (χ0) is 13.0. The summed E-state index contributed by atoms with van der Waals surface area (Å²) in [5, 5.41) is 0.733. The second kappa shape index (κ2) is 5.68. The predicted molar refractivity (Wildman–Crippen MR) is 61.9 cm³/mol. The summed E-state index contributed by atoms with van der Waals surface area (Å²) in [6, 6.07) is 1.76. The van der Waals surface area contributed by atoms with Gasteiger partial charge in [-0.2, -0.15) is 0 Å². The van der Waals surface area contributed by atoms with Crippen LogP contribution in [0.2, 0.25) is 0 Å². The van der Waals surface area contributed by atoms with Crippen molar-refractivity contribution in [3.63, 3.8) is 0 Å². The number of aromatic amines is 1. The molecule has 0 unspecified atom stereocenters. The smallest absolute Gasteiger partial charge is 0.261 e. The lowest BCUT2D eigenvalue weighted by Crippen LogP contribution is -2.09. The van der Waals surface area contributed by atoms with Crippen LogP contribution in [0.25, 0.3) is 10.9 Å². The van der Waals surface area contributed by atoms with Crippen LogP contribution in [0.1, 0.15) is 16.8 Å². The summed E-state index contributed by atoms with van der Waals surface area (Å²) in [6.45, 7) is -0.640. The highest BCUT2D eigenvalue weighted by atomic mass is 19.3. The Hall–Kier alpha value is -1.82. The summed E-state index contributed by atoms with van der Waals surface area (Å²) in [6.07, 6.45) is 2.39. The SMILES string of the molecule is O=C(CCOCC(F)F)c1c[nH]c2ccncc12. The first-order valence-electron chi connectivity index (χ1n) is 5.48. The highest BCUT2D eigenvalue weighted by molar-refractivity contribution is 6.07. The van der Waals surface area contributed by atoms with Gasteiger partial charge in [0.15, 0.2) is 5.78 Å². The topological polar surface area (TPSA) is 55.0 Å². The molecule has 0 amide bonds. The van der Waals surface area contributed by atoms with Crippen molar-refractivity contribution in [2.45, 2.75) is 12.8 Å².